The van der Waals surface area contributed by atoms with Crippen LogP contribution in [0.4, 0.5) is 5.82 Å². The molecule has 8 heteroatoms. The summed E-state index contributed by atoms with van der Waals surface area (Å²) in [4.78, 5) is 22.0. The number of hydrogen-bond acceptors (Lipinski definition) is 5. The highest BCUT2D eigenvalue weighted by atomic mass is 16.5. The molecule has 3 heterocycles. The van der Waals surface area contributed by atoms with Crippen LogP contribution in [-0.4, -0.2) is 68.5 Å². The summed E-state index contributed by atoms with van der Waals surface area (Å²) in [7, 11) is 1.64. The first kappa shape index (κ1) is 16.2. The van der Waals surface area contributed by atoms with Gasteiger partial charge in [0, 0.05) is 12.3 Å². The Morgan fingerprint density at radius 3 is 2.92 bits per heavy atom. The maximum absolute atomic E-state index is 11.5. The van der Waals surface area contributed by atoms with E-state index in [4.69, 9.17) is 4.74 Å². The average molecular weight is 351 g/mol. The van der Waals surface area contributed by atoms with E-state index in [0.717, 1.165) is 33.9 Å². The van der Waals surface area contributed by atoms with E-state index in [2.05, 4.69) is 20.2 Å². The second-order valence-corrected chi connectivity index (χ2v) is 6.09. The number of fused-ring (bicyclic) bond motifs is 1. The van der Waals surface area contributed by atoms with Gasteiger partial charge in [0.15, 0.2) is 0 Å². The zero-order valence-corrected chi connectivity index (χ0v) is 14.6. The second-order valence-electron chi connectivity index (χ2n) is 6.09. The fourth-order valence-corrected chi connectivity index (χ4v) is 3.05. The van der Waals surface area contributed by atoms with Gasteiger partial charge in [0.05, 0.1) is 38.0 Å². The van der Waals surface area contributed by atoms with Crippen LogP contribution in [0, 0.1) is 0 Å². The molecule has 2 aromatic heterocycles. The fraction of sp³-hybridized carbons (Fsp3) is 0.278. The largest absolute Gasteiger partial charge is 0.497 e. The number of carbonyl (C=O) groups excluding carboxylic acids is 1. The van der Waals surface area contributed by atoms with Crippen molar-refractivity contribution in [3.05, 3.63) is 30.6 Å². The Kier molecular flexibility index (Phi) is 4.08. The molecule has 1 N–H and O–H groups in total. The summed E-state index contributed by atoms with van der Waals surface area (Å²) >= 11 is 0. The minimum absolute atomic E-state index is 0.0845. The van der Waals surface area contributed by atoms with Gasteiger partial charge in [0.1, 0.15) is 23.7 Å². The summed E-state index contributed by atoms with van der Waals surface area (Å²) in [5.41, 5.74) is 2.41. The van der Waals surface area contributed by atoms with E-state index in [0.29, 0.717) is 19.6 Å². The first-order chi connectivity index (χ1) is 12.7. The second kappa shape index (κ2) is 6.55. The van der Waals surface area contributed by atoms with Gasteiger partial charge in [-0.05, 0) is 23.2 Å². The van der Waals surface area contributed by atoms with Crippen LogP contribution < -0.4 is 4.74 Å². The number of nitrogens with one attached hydrogen (secondary N) is 1. The number of aromatic amines is 1. The third-order valence-electron chi connectivity index (χ3n) is 4.54. The van der Waals surface area contributed by atoms with E-state index in [-0.39, 0.29) is 5.91 Å². The quantitative estimate of drug-likeness (QED) is 0.725. The highest BCUT2D eigenvalue weighted by Gasteiger charge is 2.21. The first-order valence-corrected chi connectivity index (χ1v) is 8.36. The molecule has 26 heavy (non-hydrogen) atoms. The van der Waals surface area contributed by atoms with Crippen LogP contribution in [0.1, 0.15) is 6.92 Å². The number of amides is 1. The van der Waals surface area contributed by atoms with E-state index in [1.807, 2.05) is 35.1 Å². The van der Waals surface area contributed by atoms with Crippen molar-refractivity contribution in [1.82, 2.24) is 25.1 Å². The van der Waals surface area contributed by atoms with E-state index in [9.17, 15) is 4.79 Å². The minimum atomic E-state index is 0.0845. The van der Waals surface area contributed by atoms with Crippen molar-refractivity contribution in [3.63, 3.8) is 0 Å². The standard InChI is InChI=1S/C18H19N6O2/c1-12(25)23-5-7-24(8-6-23)17-10-16(19-11-20-17)18-14-9-13(26-2)3-4-15(14)21-22-18/h3-4,7,9-11H,5-6,8H2,1-2H3,(H,21,22)/q+1. The molecule has 8 nitrogen and oxygen atoms in total. The SMILES string of the molecule is COc1ccc2[nH]nc(-c3cc([N+]4=CCN(C(C)=O)CC4)ncn3)c2c1. The van der Waals surface area contributed by atoms with Crippen LogP contribution in [0.25, 0.3) is 22.3 Å². The van der Waals surface area contributed by atoms with Crippen molar-refractivity contribution < 1.29 is 14.1 Å². The summed E-state index contributed by atoms with van der Waals surface area (Å²) in [6, 6.07) is 7.67. The van der Waals surface area contributed by atoms with Crippen LogP contribution in [-0.2, 0) is 4.79 Å². The van der Waals surface area contributed by atoms with Crippen LogP contribution in [0.5, 0.6) is 5.75 Å². The molecule has 0 aliphatic carbocycles. The van der Waals surface area contributed by atoms with Crippen molar-refractivity contribution in [2.24, 2.45) is 0 Å². The zero-order valence-electron chi connectivity index (χ0n) is 14.6. The monoisotopic (exact) mass is 351 g/mol. The zero-order chi connectivity index (χ0) is 18.1. The molecule has 0 bridgehead atoms. The first-order valence-electron chi connectivity index (χ1n) is 8.36. The Morgan fingerprint density at radius 1 is 1.31 bits per heavy atom. The van der Waals surface area contributed by atoms with E-state index in [1.165, 1.54) is 6.33 Å². The predicted octanol–water partition coefficient (Wildman–Crippen LogP) is 1.61. The van der Waals surface area contributed by atoms with Crippen LogP contribution in [0.3, 0.4) is 0 Å². The van der Waals surface area contributed by atoms with Gasteiger partial charge in [-0.3, -0.25) is 9.89 Å². The van der Waals surface area contributed by atoms with Gasteiger partial charge in [0.25, 0.3) is 0 Å². The number of aromatic nitrogens is 4. The summed E-state index contributed by atoms with van der Waals surface area (Å²) in [5, 5.41) is 8.38. The van der Waals surface area contributed by atoms with Crippen LogP contribution in [0.15, 0.2) is 30.6 Å². The normalized spacial score (nSPS) is 14.4. The fourth-order valence-electron chi connectivity index (χ4n) is 3.05. The molecule has 0 atom stereocenters. The van der Waals surface area contributed by atoms with Gasteiger partial charge in [-0.1, -0.05) is 0 Å². The molecular weight excluding hydrogens is 332 g/mol. The number of ether oxygens (including phenoxy) is 1. The van der Waals surface area contributed by atoms with Crippen LogP contribution in [0.2, 0.25) is 0 Å². The molecule has 132 valence electrons. The molecule has 1 aromatic carbocycles. The van der Waals surface area contributed by atoms with Gasteiger partial charge >= 0.3 is 5.82 Å². The molecule has 0 saturated heterocycles. The molecule has 1 aliphatic heterocycles. The Balaban J connectivity index is 1.70. The van der Waals surface area contributed by atoms with Gasteiger partial charge in [-0.2, -0.15) is 5.10 Å². The summed E-state index contributed by atoms with van der Waals surface area (Å²) < 4.78 is 7.35. The average Bonchev–Trinajstić information content (AvgIpc) is 3.11. The summed E-state index contributed by atoms with van der Waals surface area (Å²) in [6.45, 7) is 3.54. The molecule has 1 aliphatic rings. The summed E-state index contributed by atoms with van der Waals surface area (Å²) in [6.07, 6.45) is 3.51. The van der Waals surface area contributed by atoms with Crippen molar-refractivity contribution in [1.29, 1.82) is 0 Å². The number of rotatable bonds is 3. The number of hydrogen-bond donors (Lipinski definition) is 1. The maximum Gasteiger partial charge on any atom is 0.327 e. The van der Waals surface area contributed by atoms with Gasteiger partial charge in [-0.15, -0.1) is 0 Å². The lowest BCUT2D eigenvalue weighted by atomic mass is 10.1. The number of methoxy groups -OCH3 is 1. The van der Waals surface area contributed by atoms with Crippen molar-refractivity contribution in [2.45, 2.75) is 6.92 Å². The van der Waals surface area contributed by atoms with E-state index < -0.39 is 0 Å². The topological polar surface area (TPSA) is 87.0 Å². The molecule has 0 spiro atoms. The molecule has 0 unspecified atom stereocenters. The third-order valence-corrected chi connectivity index (χ3v) is 4.54. The lowest BCUT2D eigenvalue weighted by Gasteiger charge is -2.22. The van der Waals surface area contributed by atoms with E-state index in [1.54, 1.807) is 18.9 Å². The maximum atomic E-state index is 11.5. The van der Waals surface area contributed by atoms with Gasteiger partial charge in [0.2, 0.25) is 12.2 Å². The number of benzene rings is 1. The number of carbonyl (C=O) groups is 1. The van der Waals surface area contributed by atoms with Gasteiger partial charge < -0.3 is 9.64 Å². The highest BCUT2D eigenvalue weighted by molar-refractivity contribution is 5.93. The summed E-state index contributed by atoms with van der Waals surface area (Å²) in [5.74, 6) is 1.64. The van der Waals surface area contributed by atoms with Crippen molar-refractivity contribution in [2.75, 3.05) is 26.7 Å². The molecule has 0 saturated carbocycles. The molecular formula is C18H19N6O2+. The number of nitrogens with zero attached hydrogens (tertiary/aromatic N) is 5. The van der Waals surface area contributed by atoms with Gasteiger partial charge in [-0.25, -0.2) is 9.56 Å². The molecule has 1 amide bonds. The minimum Gasteiger partial charge on any atom is -0.497 e. The van der Waals surface area contributed by atoms with E-state index >= 15 is 0 Å². The lowest BCUT2D eigenvalue weighted by molar-refractivity contribution is -0.446. The Bertz CT molecular complexity index is 1010. The predicted molar refractivity (Wildman–Crippen MR) is 96.8 cm³/mol. The smallest absolute Gasteiger partial charge is 0.327 e. The van der Waals surface area contributed by atoms with Crippen molar-refractivity contribution >= 4 is 28.8 Å². The molecule has 0 radical (unpaired) electrons. The Labute approximate surface area is 150 Å². The van der Waals surface area contributed by atoms with Crippen LogP contribution >= 0.6 is 0 Å². The molecule has 4 rings (SSSR count). The third kappa shape index (κ3) is 2.90. The van der Waals surface area contributed by atoms with Crippen molar-refractivity contribution in [3.8, 4) is 17.1 Å². The Morgan fingerprint density at radius 2 is 2.19 bits per heavy atom. The number of H-pyrrole nitrogens is 1. The Hall–Kier alpha value is -3.29. The molecule has 3 aromatic rings. The molecule has 0 fully saturated rings. The highest BCUT2D eigenvalue weighted by Crippen LogP contribution is 2.29. The lowest BCUT2D eigenvalue weighted by Crippen LogP contribution is -2.40.